The van der Waals surface area contributed by atoms with Crippen molar-refractivity contribution in [3.8, 4) is 17.0 Å². The van der Waals surface area contributed by atoms with Crippen LogP contribution in [0, 0.1) is 6.92 Å². The van der Waals surface area contributed by atoms with E-state index in [4.69, 9.17) is 9.47 Å². The predicted octanol–water partition coefficient (Wildman–Crippen LogP) is 5.16. The highest BCUT2D eigenvalue weighted by Gasteiger charge is 2.12. The molecule has 38 heavy (non-hydrogen) atoms. The molecule has 0 spiro atoms. The molecule has 194 valence electrons. The third-order valence-electron chi connectivity index (χ3n) is 6.37. The van der Waals surface area contributed by atoms with Crippen molar-refractivity contribution in [3.05, 3.63) is 96.2 Å². The summed E-state index contributed by atoms with van der Waals surface area (Å²) in [4.78, 5) is 24.2. The maximum absolute atomic E-state index is 13.0. The number of rotatable bonds is 9. The van der Waals surface area contributed by atoms with E-state index in [1.165, 1.54) is 0 Å². The molecule has 8 heteroatoms. The van der Waals surface area contributed by atoms with Gasteiger partial charge in [0, 0.05) is 54.4 Å². The molecule has 0 atom stereocenters. The van der Waals surface area contributed by atoms with Gasteiger partial charge in [0.15, 0.2) is 0 Å². The Labute approximate surface area is 222 Å². The first-order chi connectivity index (χ1) is 18.6. The van der Waals surface area contributed by atoms with Crippen LogP contribution in [0.1, 0.15) is 15.9 Å². The van der Waals surface area contributed by atoms with Crippen LogP contribution < -0.4 is 15.4 Å². The molecule has 1 amide bonds. The Kier molecular flexibility index (Phi) is 8.23. The minimum Gasteiger partial charge on any atom is -0.492 e. The summed E-state index contributed by atoms with van der Waals surface area (Å²) in [5.74, 6) is 1.04. The molecule has 4 aromatic rings. The number of ether oxygens (including phenoxy) is 2. The Balaban J connectivity index is 1.18. The van der Waals surface area contributed by atoms with Crippen molar-refractivity contribution in [1.29, 1.82) is 0 Å². The highest BCUT2D eigenvalue weighted by molar-refractivity contribution is 6.05. The third-order valence-corrected chi connectivity index (χ3v) is 6.37. The number of nitrogens with zero attached hydrogens (tertiary/aromatic N) is 3. The lowest BCUT2D eigenvalue weighted by atomic mass is 10.1. The lowest BCUT2D eigenvalue weighted by Crippen LogP contribution is -2.38. The zero-order chi connectivity index (χ0) is 26.2. The molecule has 0 unspecified atom stereocenters. The molecule has 8 nitrogen and oxygen atoms in total. The number of carbonyl (C=O) groups excluding carboxylic acids is 1. The minimum atomic E-state index is -0.188. The largest absolute Gasteiger partial charge is 0.492 e. The predicted molar refractivity (Wildman–Crippen MR) is 149 cm³/mol. The van der Waals surface area contributed by atoms with Gasteiger partial charge < -0.3 is 20.1 Å². The Bertz CT molecular complexity index is 1360. The lowest BCUT2D eigenvalue weighted by Gasteiger charge is -2.26. The average molecular weight is 510 g/mol. The van der Waals surface area contributed by atoms with Gasteiger partial charge >= 0.3 is 0 Å². The van der Waals surface area contributed by atoms with Crippen molar-refractivity contribution in [3.63, 3.8) is 0 Å². The van der Waals surface area contributed by atoms with Crippen molar-refractivity contribution in [1.82, 2.24) is 14.9 Å². The molecule has 0 saturated carbocycles. The minimum absolute atomic E-state index is 0.188. The monoisotopic (exact) mass is 509 g/mol. The van der Waals surface area contributed by atoms with Crippen LogP contribution in [-0.2, 0) is 4.74 Å². The van der Waals surface area contributed by atoms with E-state index in [2.05, 4.69) is 25.5 Å². The van der Waals surface area contributed by atoms with Gasteiger partial charge in [-0.25, -0.2) is 9.97 Å². The number of hydrogen-bond acceptors (Lipinski definition) is 7. The van der Waals surface area contributed by atoms with E-state index in [9.17, 15) is 4.79 Å². The topological polar surface area (TPSA) is 88.6 Å². The van der Waals surface area contributed by atoms with E-state index in [0.29, 0.717) is 18.1 Å². The number of anilines is 3. The van der Waals surface area contributed by atoms with Gasteiger partial charge in [-0.05, 0) is 48.9 Å². The first kappa shape index (κ1) is 25.4. The number of benzene rings is 3. The van der Waals surface area contributed by atoms with E-state index in [-0.39, 0.29) is 5.91 Å². The van der Waals surface area contributed by atoms with Crippen molar-refractivity contribution in [2.75, 3.05) is 50.1 Å². The molecule has 3 aromatic carbocycles. The van der Waals surface area contributed by atoms with E-state index in [1.54, 1.807) is 18.3 Å². The van der Waals surface area contributed by atoms with Crippen molar-refractivity contribution in [2.24, 2.45) is 0 Å². The summed E-state index contributed by atoms with van der Waals surface area (Å²) < 4.78 is 11.3. The average Bonchev–Trinajstić information content (AvgIpc) is 2.96. The van der Waals surface area contributed by atoms with Gasteiger partial charge in [-0.15, -0.1) is 0 Å². The van der Waals surface area contributed by atoms with Crippen LogP contribution in [0.5, 0.6) is 5.75 Å². The van der Waals surface area contributed by atoms with Crippen molar-refractivity contribution in [2.45, 2.75) is 6.92 Å². The molecule has 1 aromatic heterocycles. The van der Waals surface area contributed by atoms with E-state index < -0.39 is 0 Å². The Morgan fingerprint density at radius 3 is 2.58 bits per heavy atom. The molecule has 1 aliphatic rings. The van der Waals surface area contributed by atoms with E-state index >= 15 is 0 Å². The number of aryl methyl sites for hydroxylation is 1. The second-order valence-corrected chi connectivity index (χ2v) is 9.07. The van der Waals surface area contributed by atoms with Crippen molar-refractivity contribution < 1.29 is 14.3 Å². The maximum atomic E-state index is 13.0. The molecule has 2 heterocycles. The summed E-state index contributed by atoms with van der Waals surface area (Å²) >= 11 is 0. The van der Waals surface area contributed by atoms with Crippen LogP contribution in [0.2, 0.25) is 0 Å². The zero-order valence-corrected chi connectivity index (χ0v) is 21.4. The molecule has 2 N–H and O–H groups in total. The van der Waals surface area contributed by atoms with Crippen LogP contribution in [-0.4, -0.2) is 60.2 Å². The van der Waals surface area contributed by atoms with Gasteiger partial charge in [0.2, 0.25) is 5.95 Å². The first-order valence-electron chi connectivity index (χ1n) is 12.7. The molecule has 0 radical (unpaired) electrons. The summed E-state index contributed by atoms with van der Waals surface area (Å²) in [6, 6.07) is 24.8. The smallest absolute Gasteiger partial charge is 0.255 e. The van der Waals surface area contributed by atoms with Crippen LogP contribution in [0.15, 0.2) is 85.1 Å². The van der Waals surface area contributed by atoms with Crippen LogP contribution in [0.4, 0.5) is 17.3 Å². The molecule has 1 saturated heterocycles. The molecular formula is C30H31N5O3. The second-order valence-electron chi connectivity index (χ2n) is 9.07. The Hall–Kier alpha value is -4.27. The SMILES string of the molecule is Cc1ccc(OCCN2CCOCC2)cc1NC(=O)c1ccc(Nc2nccc(-c3ccccc3)n2)cc1. The molecule has 5 rings (SSSR count). The molecule has 0 bridgehead atoms. The second kappa shape index (κ2) is 12.3. The van der Waals surface area contributed by atoms with Crippen LogP contribution >= 0.6 is 0 Å². The highest BCUT2D eigenvalue weighted by atomic mass is 16.5. The number of amides is 1. The number of carbonyl (C=O) groups is 1. The Morgan fingerprint density at radius 2 is 1.79 bits per heavy atom. The standard InChI is InChI=1S/C30H31N5O3/c1-22-7-12-26(38-20-17-35-15-18-37-19-16-35)21-28(22)33-29(36)24-8-10-25(11-9-24)32-30-31-14-13-27(34-30)23-5-3-2-4-6-23/h2-14,21H,15-20H2,1H3,(H,33,36)(H,31,32,34). The summed E-state index contributed by atoms with van der Waals surface area (Å²) in [5.41, 5.74) is 4.89. The van der Waals surface area contributed by atoms with Gasteiger partial charge in [-0.2, -0.15) is 0 Å². The fourth-order valence-electron chi connectivity index (χ4n) is 4.16. The van der Waals surface area contributed by atoms with Gasteiger partial charge in [-0.1, -0.05) is 36.4 Å². The molecular weight excluding hydrogens is 478 g/mol. The maximum Gasteiger partial charge on any atom is 0.255 e. The normalized spacial score (nSPS) is 13.6. The summed E-state index contributed by atoms with van der Waals surface area (Å²) in [6.07, 6.45) is 1.72. The number of hydrogen-bond donors (Lipinski definition) is 2. The summed E-state index contributed by atoms with van der Waals surface area (Å²) in [6.45, 7) is 6.80. The van der Waals surface area contributed by atoms with Gasteiger partial charge in [0.1, 0.15) is 12.4 Å². The van der Waals surface area contributed by atoms with Gasteiger partial charge in [0.05, 0.1) is 18.9 Å². The van der Waals surface area contributed by atoms with E-state index in [0.717, 1.165) is 66.8 Å². The molecule has 1 aliphatic heterocycles. The molecule has 1 fully saturated rings. The quantitative estimate of drug-likeness (QED) is 0.322. The fraction of sp³-hybridized carbons (Fsp3) is 0.233. The zero-order valence-electron chi connectivity index (χ0n) is 21.4. The number of morpholine rings is 1. The van der Waals surface area contributed by atoms with E-state index in [1.807, 2.05) is 73.7 Å². The first-order valence-corrected chi connectivity index (χ1v) is 12.7. The fourth-order valence-corrected chi connectivity index (χ4v) is 4.16. The number of nitrogens with one attached hydrogen (secondary N) is 2. The lowest BCUT2D eigenvalue weighted by molar-refractivity contribution is 0.0322. The third kappa shape index (κ3) is 6.73. The summed E-state index contributed by atoms with van der Waals surface area (Å²) in [5, 5.41) is 6.22. The highest BCUT2D eigenvalue weighted by Crippen LogP contribution is 2.24. The van der Waals surface area contributed by atoms with Crippen LogP contribution in [0.3, 0.4) is 0 Å². The van der Waals surface area contributed by atoms with Gasteiger partial charge in [-0.3, -0.25) is 9.69 Å². The van der Waals surface area contributed by atoms with Crippen molar-refractivity contribution >= 4 is 23.2 Å². The molecule has 0 aliphatic carbocycles. The summed E-state index contributed by atoms with van der Waals surface area (Å²) in [7, 11) is 0. The van der Waals surface area contributed by atoms with Crippen LogP contribution in [0.25, 0.3) is 11.3 Å². The van der Waals surface area contributed by atoms with Gasteiger partial charge in [0.25, 0.3) is 5.91 Å². The Morgan fingerprint density at radius 1 is 1.00 bits per heavy atom. The number of aromatic nitrogens is 2.